The minimum atomic E-state index is -0.313. The van der Waals surface area contributed by atoms with Crippen molar-refractivity contribution in [3.05, 3.63) is 52.7 Å². The zero-order valence-electron chi connectivity index (χ0n) is 24.6. The van der Waals surface area contributed by atoms with Gasteiger partial charge in [-0.25, -0.2) is 4.98 Å². The topological polar surface area (TPSA) is 81.5 Å². The van der Waals surface area contributed by atoms with E-state index in [4.69, 9.17) is 21.6 Å². The third-order valence-electron chi connectivity index (χ3n) is 7.97. The van der Waals surface area contributed by atoms with Gasteiger partial charge in [-0.3, -0.25) is 4.79 Å². The highest BCUT2D eigenvalue weighted by Crippen LogP contribution is 2.55. The van der Waals surface area contributed by atoms with Gasteiger partial charge in [-0.05, 0) is 31.3 Å². The molecular formula is C31H44ClN5O2. The summed E-state index contributed by atoms with van der Waals surface area (Å²) in [4.78, 5) is 22.2. The second-order valence-corrected chi connectivity index (χ2v) is 12.3. The maximum absolute atomic E-state index is 13.1. The number of aromatic nitrogens is 1. The molecule has 8 heteroatoms. The molecule has 7 nitrogen and oxygen atoms in total. The highest BCUT2D eigenvalue weighted by atomic mass is 35.5. The van der Waals surface area contributed by atoms with E-state index in [2.05, 4.69) is 74.8 Å². The summed E-state index contributed by atoms with van der Waals surface area (Å²) in [6.07, 6.45) is 5.59. The number of benzene rings is 1. The molecule has 0 spiro atoms. The standard InChI is InChI=1S/C26H32ClN5O2.C5H12/c1-25(2)23(26(3,4)24(25)34-19-8-6-17(15-28)20(27)14-19)30-22(33)18-7-9-21(29-16-18)32-12-10-31(5)11-13-32;1-3-5-4-2/h6-9,14,16,23-24H,10-13H2,1-5H3,(H,30,33);3-5H2,1-2H3. The summed E-state index contributed by atoms with van der Waals surface area (Å²) in [5, 5.41) is 12.7. The lowest BCUT2D eigenvalue weighted by molar-refractivity contribution is -0.164. The van der Waals surface area contributed by atoms with Crippen LogP contribution >= 0.6 is 11.6 Å². The lowest BCUT2D eigenvalue weighted by Gasteiger charge is -2.63. The number of piperazine rings is 1. The van der Waals surface area contributed by atoms with Gasteiger partial charge in [-0.1, -0.05) is 72.4 Å². The Hall–Kier alpha value is -2.82. The molecule has 212 valence electrons. The number of nitrogens with one attached hydrogen (secondary N) is 1. The Balaban J connectivity index is 0.000000771. The van der Waals surface area contributed by atoms with E-state index in [0.29, 0.717) is 21.9 Å². The number of halogens is 1. The van der Waals surface area contributed by atoms with Crippen LogP contribution in [0, 0.1) is 22.2 Å². The molecule has 0 atom stereocenters. The molecule has 4 rings (SSSR count). The number of unbranched alkanes of at least 4 members (excludes halogenated alkanes) is 2. The van der Waals surface area contributed by atoms with Gasteiger partial charge in [0.25, 0.3) is 5.91 Å². The number of carbonyl (C=O) groups is 1. The van der Waals surface area contributed by atoms with Crippen molar-refractivity contribution in [2.75, 3.05) is 38.1 Å². The summed E-state index contributed by atoms with van der Waals surface area (Å²) in [5.74, 6) is 1.38. The summed E-state index contributed by atoms with van der Waals surface area (Å²) < 4.78 is 6.30. The third-order valence-corrected chi connectivity index (χ3v) is 8.29. The predicted molar refractivity (Wildman–Crippen MR) is 159 cm³/mol. The molecule has 1 saturated carbocycles. The van der Waals surface area contributed by atoms with Gasteiger partial charge < -0.3 is 19.9 Å². The SMILES string of the molecule is CCCCC.CN1CCN(c2ccc(C(=O)NC3C(C)(C)C(Oc4ccc(C#N)c(Cl)c4)C3(C)C)cn2)CC1. The fourth-order valence-electron chi connectivity index (χ4n) is 5.91. The Kier molecular flexibility index (Phi) is 10.3. The molecule has 0 unspecified atom stereocenters. The Morgan fingerprint density at radius 3 is 2.23 bits per heavy atom. The van der Waals surface area contributed by atoms with Gasteiger partial charge in [0.05, 0.1) is 16.1 Å². The second kappa shape index (κ2) is 13.0. The van der Waals surface area contributed by atoms with E-state index in [-0.39, 0.29) is 28.9 Å². The van der Waals surface area contributed by atoms with Gasteiger partial charge in [-0.15, -0.1) is 0 Å². The van der Waals surface area contributed by atoms with Crippen molar-refractivity contribution in [2.45, 2.75) is 73.0 Å². The number of carbonyl (C=O) groups excluding carboxylic acids is 1. The first-order valence-electron chi connectivity index (χ1n) is 14.0. The van der Waals surface area contributed by atoms with Crippen molar-refractivity contribution in [2.24, 2.45) is 10.8 Å². The van der Waals surface area contributed by atoms with Crippen LogP contribution in [-0.2, 0) is 0 Å². The van der Waals surface area contributed by atoms with Crippen LogP contribution in [-0.4, -0.2) is 61.2 Å². The molecule has 1 amide bonds. The average molecular weight is 554 g/mol. The molecule has 2 heterocycles. The number of likely N-dealkylation sites (N-methyl/N-ethyl adjacent to an activating group) is 1. The van der Waals surface area contributed by atoms with Crippen molar-refractivity contribution in [3.8, 4) is 11.8 Å². The second-order valence-electron chi connectivity index (χ2n) is 11.8. The van der Waals surface area contributed by atoms with E-state index in [1.54, 1.807) is 24.4 Å². The molecule has 2 aromatic rings. The number of ether oxygens (including phenoxy) is 1. The van der Waals surface area contributed by atoms with Crippen LogP contribution in [0.25, 0.3) is 0 Å². The summed E-state index contributed by atoms with van der Waals surface area (Å²) in [6.45, 7) is 16.7. The highest BCUT2D eigenvalue weighted by Gasteiger charge is 2.64. The Morgan fingerprint density at radius 2 is 1.74 bits per heavy atom. The fraction of sp³-hybridized carbons (Fsp3) is 0.581. The summed E-state index contributed by atoms with van der Waals surface area (Å²) >= 11 is 6.18. The fourth-order valence-corrected chi connectivity index (χ4v) is 6.12. The number of anilines is 1. The Bertz CT molecular complexity index is 1130. The van der Waals surface area contributed by atoms with E-state index < -0.39 is 0 Å². The van der Waals surface area contributed by atoms with E-state index in [1.165, 1.54) is 19.3 Å². The average Bonchev–Trinajstić information content (AvgIpc) is 2.91. The first-order valence-corrected chi connectivity index (χ1v) is 14.4. The molecule has 1 aliphatic carbocycles. The Labute approximate surface area is 239 Å². The van der Waals surface area contributed by atoms with Crippen molar-refractivity contribution in [3.63, 3.8) is 0 Å². The van der Waals surface area contributed by atoms with E-state index in [1.807, 2.05) is 12.1 Å². The minimum absolute atomic E-state index is 0.0938. The number of pyridine rings is 1. The first-order chi connectivity index (χ1) is 18.4. The minimum Gasteiger partial charge on any atom is -0.489 e. The van der Waals surface area contributed by atoms with E-state index in [9.17, 15) is 4.79 Å². The zero-order chi connectivity index (χ0) is 28.8. The van der Waals surface area contributed by atoms with Gasteiger partial charge in [0.15, 0.2) is 0 Å². The third kappa shape index (κ3) is 7.04. The van der Waals surface area contributed by atoms with Crippen LogP contribution in [0.5, 0.6) is 5.75 Å². The van der Waals surface area contributed by atoms with E-state index >= 15 is 0 Å². The van der Waals surface area contributed by atoms with Gasteiger partial charge in [-0.2, -0.15) is 5.26 Å². The van der Waals surface area contributed by atoms with Gasteiger partial charge in [0.1, 0.15) is 23.7 Å². The lowest BCUT2D eigenvalue weighted by Crippen LogP contribution is -2.74. The van der Waals surface area contributed by atoms with Crippen molar-refractivity contribution in [1.82, 2.24) is 15.2 Å². The molecule has 2 aliphatic rings. The van der Waals surface area contributed by atoms with Crippen LogP contribution in [0.2, 0.25) is 5.02 Å². The Morgan fingerprint density at radius 1 is 1.10 bits per heavy atom. The van der Waals surface area contributed by atoms with Crippen LogP contribution in [0.15, 0.2) is 36.5 Å². The molecule has 0 radical (unpaired) electrons. The lowest BCUT2D eigenvalue weighted by atomic mass is 9.49. The van der Waals surface area contributed by atoms with Gasteiger partial charge in [0, 0.05) is 55.3 Å². The number of rotatable bonds is 7. The smallest absolute Gasteiger partial charge is 0.253 e. The zero-order valence-corrected chi connectivity index (χ0v) is 25.3. The van der Waals surface area contributed by atoms with Crippen molar-refractivity contribution >= 4 is 23.3 Å². The van der Waals surface area contributed by atoms with E-state index in [0.717, 1.165) is 32.0 Å². The molecule has 1 aliphatic heterocycles. The molecule has 39 heavy (non-hydrogen) atoms. The quantitative estimate of drug-likeness (QED) is 0.442. The van der Waals surface area contributed by atoms with Crippen LogP contribution < -0.4 is 15.0 Å². The summed E-state index contributed by atoms with van der Waals surface area (Å²) in [5.41, 5.74) is 0.339. The van der Waals surface area contributed by atoms with Crippen molar-refractivity contribution < 1.29 is 9.53 Å². The molecular weight excluding hydrogens is 510 g/mol. The van der Waals surface area contributed by atoms with Crippen LogP contribution in [0.3, 0.4) is 0 Å². The van der Waals surface area contributed by atoms with Gasteiger partial charge >= 0.3 is 0 Å². The first kappa shape index (κ1) is 30.7. The maximum atomic E-state index is 13.1. The monoisotopic (exact) mass is 553 g/mol. The molecule has 1 N–H and O–H groups in total. The molecule has 1 saturated heterocycles. The molecule has 1 aromatic carbocycles. The molecule has 2 fully saturated rings. The van der Waals surface area contributed by atoms with Crippen molar-refractivity contribution in [1.29, 1.82) is 5.26 Å². The normalized spacial score (nSPS) is 21.6. The number of nitriles is 1. The highest BCUT2D eigenvalue weighted by molar-refractivity contribution is 6.31. The van der Waals surface area contributed by atoms with Crippen LogP contribution in [0.1, 0.15) is 76.7 Å². The summed E-state index contributed by atoms with van der Waals surface area (Å²) in [7, 11) is 2.12. The summed E-state index contributed by atoms with van der Waals surface area (Å²) in [6, 6.07) is 10.8. The maximum Gasteiger partial charge on any atom is 0.253 e. The largest absolute Gasteiger partial charge is 0.489 e. The molecule has 1 aromatic heterocycles. The number of nitrogens with zero attached hydrogens (tertiary/aromatic N) is 4. The van der Waals surface area contributed by atoms with Gasteiger partial charge in [0.2, 0.25) is 0 Å². The number of hydrogen-bond donors (Lipinski definition) is 1. The van der Waals surface area contributed by atoms with Crippen LogP contribution in [0.4, 0.5) is 5.82 Å². The predicted octanol–water partition coefficient (Wildman–Crippen LogP) is 6.17. The molecule has 0 bridgehead atoms. The number of hydrogen-bond acceptors (Lipinski definition) is 6. The number of amides is 1.